The minimum atomic E-state index is -0.912. The van der Waals surface area contributed by atoms with Crippen LogP contribution in [0.3, 0.4) is 0 Å². The van der Waals surface area contributed by atoms with Gasteiger partial charge in [-0.05, 0) is 37.5 Å². The molecule has 0 saturated heterocycles. The Kier molecular flexibility index (Phi) is 5.03. The van der Waals surface area contributed by atoms with Crippen molar-refractivity contribution in [1.29, 1.82) is 0 Å². The van der Waals surface area contributed by atoms with E-state index in [2.05, 4.69) is 26.1 Å². The molecule has 190 valence electrons. The van der Waals surface area contributed by atoms with E-state index >= 15 is 0 Å². The molecule has 0 aromatic heterocycles. The number of nitro benzene ring substituents is 1. The fraction of sp³-hybridized carbons (Fsp3) is 0.400. The molecule has 3 aliphatic carbocycles. The van der Waals surface area contributed by atoms with E-state index in [-0.39, 0.29) is 34.0 Å². The van der Waals surface area contributed by atoms with Crippen LogP contribution in [-0.4, -0.2) is 22.8 Å². The zero-order chi connectivity index (χ0) is 26.3. The van der Waals surface area contributed by atoms with Crippen molar-refractivity contribution in [2.24, 2.45) is 16.7 Å². The number of ether oxygens (including phenoxy) is 1. The van der Waals surface area contributed by atoms with Gasteiger partial charge in [0, 0.05) is 39.4 Å². The molecule has 2 aromatic rings. The van der Waals surface area contributed by atoms with Crippen molar-refractivity contribution in [1.82, 2.24) is 5.32 Å². The summed E-state index contributed by atoms with van der Waals surface area (Å²) in [6.07, 6.45) is 2.69. The van der Waals surface area contributed by atoms with Gasteiger partial charge in [-0.15, -0.1) is 0 Å². The molecule has 2 bridgehead atoms. The van der Waals surface area contributed by atoms with E-state index in [1.54, 1.807) is 37.3 Å². The van der Waals surface area contributed by atoms with Crippen molar-refractivity contribution >= 4 is 23.1 Å². The number of dihydropyridines is 1. The second-order valence-corrected chi connectivity index (χ2v) is 11.6. The molecule has 7 heteroatoms. The number of hydrogen-bond acceptors (Lipinski definition) is 6. The molecule has 1 aliphatic heterocycles. The van der Waals surface area contributed by atoms with Crippen molar-refractivity contribution in [2.45, 2.75) is 59.0 Å². The summed E-state index contributed by atoms with van der Waals surface area (Å²) in [5.41, 5.74) is 3.13. The Morgan fingerprint density at radius 2 is 1.76 bits per heavy atom. The van der Waals surface area contributed by atoms with Crippen molar-refractivity contribution in [3.05, 3.63) is 92.2 Å². The number of ketones is 1. The Bertz CT molecular complexity index is 1450. The van der Waals surface area contributed by atoms with E-state index in [1.807, 2.05) is 12.1 Å². The van der Waals surface area contributed by atoms with Gasteiger partial charge in [-0.3, -0.25) is 14.9 Å². The standard InChI is InChI=1S/C30H30N2O5/c1-16-23(28(34)37-22-15-17-13-14-30(22,4)29(17,2)3)24(20-11-7-8-12-21(20)32(35)36)25-26(31-16)18-9-5-6-10-19(18)27(25)33/h5-12,17,22,24,31H,13-15H2,1-4H3/t17-,22+,24-,30-/m1/s1. The third-order valence-corrected chi connectivity index (χ3v) is 9.88. The van der Waals surface area contributed by atoms with Crippen LogP contribution in [-0.2, 0) is 9.53 Å². The molecule has 4 atom stereocenters. The quantitative estimate of drug-likeness (QED) is 0.319. The molecular weight excluding hydrogens is 468 g/mol. The number of nitrogens with one attached hydrogen (secondary N) is 1. The Labute approximate surface area is 215 Å². The minimum absolute atomic E-state index is 0.0581. The molecule has 2 fully saturated rings. The molecule has 6 rings (SSSR count). The summed E-state index contributed by atoms with van der Waals surface area (Å²) in [4.78, 5) is 39.3. The maximum atomic E-state index is 14.0. The molecule has 7 nitrogen and oxygen atoms in total. The van der Waals surface area contributed by atoms with Gasteiger partial charge in [0.05, 0.1) is 22.1 Å². The van der Waals surface area contributed by atoms with E-state index in [4.69, 9.17) is 4.74 Å². The summed E-state index contributed by atoms with van der Waals surface area (Å²) in [5.74, 6) is -1.17. The number of Topliss-reactive ketones (excluding diaryl/α,β-unsaturated/α-hetero) is 1. The van der Waals surface area contributed by atoms with E-state index in [9.17, 15) is 19.7 Å². The second kappa shape index (κ2) is 7.88. The van der Waals surface area contributed by atoms with Gasteiger partial charge in [-0.25, -0.2) is 4.79 Å². The van der Waals surface area contributed by atoms with Crippen molar-refractivity contribution in [3.63, 3.8) is 0 Å². The Balaban J connectivity index is 1.47. The first kappa shape index (κ1) is 23.6. The topological polar surface area (TPSA) is 98.5 Å². The normalized spacial score (nSPS) is 29.2. The van der Waals surface area contributed by atoms with Crippen molar-refractivity contribution in [3.8, 4) is 0 Å². The highest BCUT2D eigenvalue weighted by atomic mass is 16.6. The van der Waals surface area contributed by atoms with Crippen LogP contribution in [0.4, 0.5) is 5.69 Å². The molecule has 0 radical (unpaired) electrons. The summed E-state index contributed by atoms with van der Waals surface area (Å²) in [7, 11) is 0. The van der Waals surface area contributed by atoms with E-state index in [0.29, 0.717) is 34.0 Å². The lowest BCUT2D eigenvalue weighted by molar-refractivity contribution is -0.385. The molecule has 4 aliphatic rings. The zero-order valence-electron chi connectivity index (χ0n) is 21.5. The van der Waals surface area contributed by atoms with Gasteiger partial charge in [0.15, 0.2) is 5.78 Å². The lowest BCUT2D eigenvalue weighted by Gasteiger charge is -2.39. The molecular formula is C30H30N2O5. The highest BCUT2D eigenvalue weighted by molar-refractivity contribution is 6.23. The largest absolute Gasteiger partial charge is 0.458 e. The molecule has 2 saturated carbocycles. The summed E-state index contributed by atoms with van der Waals surface area (Å²) >= 11 is 0. The number of benzene rings is 2. The summed E-state index contributed by atoms with van der Waals surface area (Å²) in [6.45, 7) is 8.50. The number of nitro groups is 1. The first-order chi connectivity index (χ1) is 17.6. The fourth-order valence-corrected chi connectivity index (χ4v) is 7.31. The lowest BCUT2D eigenvalue weighted by atomic mass is 9.70. The Morgan fingerprint density at radius 3 is 2.41 bits per heavy atom. The number of rotatable bonds is 4. The number of allylic oxidation sites excluding steroid dienone is 2. The molecule has 1 heterocycles. The number of fused-ring (bicyclic) bond motifs is 4. The van der Waals surface area contributed by atoms with Crippen LogP contribution in [0, 0.1) is 26.9 Å². The maximum Gasteiger partial charge on any atom is 0.337 e. The third kappa shape index (κ3) is 3.12. The third-order valence-electron chi connectivity index (χ3n) is 9.88. The van der Waals surface area contributed by atoms with Gasteiger partial charge in [-0.2, -0.15) is 0 Å². The van der Waals surface area contributed by atoms with Gasteiger partial charge in [-0.1, -0.05) is 63.2 Å². The number of hydrogen-bond donors (Lipinski definition) is 1. The fourth-order valence-electron chi connectivity index (χ4n) is 7.31. The number of esters is 1. The molecule has 0 unspecified atom stereocenters. The molecule has 37 heavy (non-hydrogen) atoms. The van der Waals surface area contributed by atoms with Crippen LogP contribution in [0.2, 0.25) is 0 Å². The summed E-state index contributed by atoms with van der Waals surface area (Å²) in [5, 5.41) is 15.3. The van der Waals surface area contributed by atoms with Gasteiger partial charge in [0.1, 0.15) is 6.10 Å². The van der Waals surface area contributed by atoms with E-state index in [0.717, 1.165) is 24.8 Å². The van der Waals surface area contributed by atoms with Gasteiger partial charge >= 0.3 is 5.97 Å². The summed E-state index contributed by atoms with van der Waals surface area (Å²) in [6, 6.07) is 13.6. The van der Waals surface area contributed by atoms with Crippen LogP contribution in [0.15, 0.2) is 65.4 Å². The average Bonchev–Trinajstić information content (AvgIpc) is 3.35. The number of carbonyl (C=O) groups excluding carboxylic acids is 2. The van der Waals surface area contributed by atoms with Gasteiger partial charge < -0.3 is 10.1 Å². The average molecular weight is 499 g/mol. The predicted octanol–water partition coefficient (Wildman–Crippen LogP) is 5.92. The zero-order valence-corrected chi connectivity index (χ0v) is 21.5. The van der Waals surface area contributed by atoms with E-state index in [1.165, 1.54) is 6.07 Å². The molecule has 0 spiro atoms. The smallest absolute Gasteiger partial charge is 0.337 e. The maximum absolute atomic E-state index is 14.0. The highest BCUT2D eigenvalue weighted by Gasteiger charge is 2.63. The van der Waals surface area contributed by atoms with Gasteiger partial charge in [0.2, 0.25) is 0 Å². The Morgan fingerprint density at radius 1 is 1.08 bits per heavy atom. The molecule has 2 aromatic carbocycles. The van der Waals surface area contributed by atoms with Crippen LogP contribution < -0.4 is 5.32 Å². The highest BCUT2D eigenvalue weighted by Crippen LogP contribution is 2.66. The SMILES string of the molecule is CC1=C(C(=O)O[C@H]2C[C@H]3CC[C@@]2(C)C3(C)C)[C@@H](c2ccccc2[N+](=O)[O-])C2=C(N1)c1ccccc1C2=O. The number of para-hydroxylation sites is 1. The van der Waals surface area contributed by atoms with Crippen molar-refractivity contribution in [2.75, 3.05) is 0 Å². The van der Waals surface area contributed by atoms with Crippen molar-refractivity contribution < 1.29 is 19.2 Å². The minimum Gasteiger partial charge on any atom is -0.458 e. The first-order valence-electron chi connectivity index (χ1n) is 12.9. The predicted molar refractivity (Wildman–Crippen MR) is 138 cm³/mol. The lowest BCUT2D eigenvalue weighted by Crippen LogP contribution is -2.39. The number of nitrogens with zero attached hydrogens (tertiary/aromatic N) is 1. The monoisotopic (exact) mass is 498 g/mol. The first-order valence-corrected chi connectivity index (χ1v) is 12.9. The molecule has 0 amide bonds. The van der Waals surface area contributed by atoms with Crippen LogP contribution >= 0.6 is 0 Å². The number of carbonyl (C=O) groups is 2. The summed E-state index contributed by atoms with van der Waals surface area (Å²) < 4.78 is 6.27. The van der Waals surface area contributed by atoms with Crippen LogP contribution in [0.1, 0.15) is 74.4 Å². The van der Waals surface area contributed by atoms with Crippen LogP contribution in [0.25, 0.3) is 5.70 Å². The van der Waals surface area contributed by atoms with Gasteiger partial charge in [0.25, 0.3) is 5.69 Å². The molecule has 1 N–H and O–H groups in total. The van der Waals surface area contributed by atoms with Crippen LogP contribution in [0.5, 0.6) is 0 Å². The van der Waals surface area contributed by atoms with E-state index < -0.39 is 16.8 Å². The Hall–Kier alpha value is -3.74. The second-order valence-electron chi connectivity index (χ2n) is 11.6.